The lowest BCUT2D eigenvalue weighted by molar-refractivity contribution is 0.799. The molecule has 6 nitrogen and oxygen atoms in total. The molecule has 140 valence electrons. The van der Waals surface area contributed by atoms with Crippen molar-refractivity contribution >= 4 is 17.6 Å². The molecule has 3 rings (SSSR count). The Balaban J connectivity index is 1.55. The first-order valence-electron chi connectivity index (χ1n) is 8.95. The first kappa shape index (κ1) is 18.9. The van der Waals surface area contributed by atoms with Gasteiger partial charge >= 0.3 is 0 Å². The number of aromatic nitrogens is 3. The Morgan fingerprint density at radius 1 is 1.11 bits per heavy atom. The largest absolute Gasteiger partial charge is 0.357 e. The molecule has 0 aliphatic carbocycles. The van der Waals surface area contributed by atoms with E-state index in [1.165, 1.54) is 11.9 Å². The van der Waals surface area contributed by atoms with E-state index in [0.29, 0.717) is 6.54 Å². The first-order valence-corrected chi connectivity index (χ1v) is 9.33. The molecule has 0 saturated carbocycles. The number of nitrogens with one attached hydrogen (secondary N) is 2. The van der Waals surface area contributed by atoms with Gasteiger partial charge in [-0.2, -0.15) is 5.10 Å². The van der Waals surface area contributed by atoms with Crippen molar-refractivity contribution < 1.29 is 0 Å². The Kier molecular flexibility index (Phi) is 6.82. The van der Waals surface area contributed by atoms with Crippen LogP contribution in [0.4, 0.5) is 0 Å². The molecule has 0 bridgehead atoms. The van der Waals surface area contributed by atoms with Gasteiger partial charge in [-0.15, -0.1) is 0 Å². The van der Waals surface area contributed by atoms with Gasteiger partial charge in [0.1, 0.15) is 12.7 Å². The SMILES string of the molecule is CCNC(=NCc1ccc(-n2cncn2)cc1)NCCc1cccc(Cl)c1. The lowest BCUT2D eigenvalue weighted by Gasteiger charge is -2.11. The van der Waals surface area contributed by atoms with Crippen molar-refractivity contribution in [1.29, 1.82) is 0 Å². The molecule has 0 aliphatic rings. The van der Waals surface area contributed by atoms with Gasteiger partial charge in [0, 0.05) is 18.1 Å². The minimum absolute atomic E-state index is 0.601. The fraction of sp³-hybridized carbons (Fsp3) is 0.250. The predicted molar refractivity (Wildman–Crippen MR) is 109 cm³/mol. The normalized spacial score (nSPS) is 11.4. The van der Waals surface area contributed by atoms with Crippen LogP contribution in [0.3, 0.4) is 0 Å². The number of rotatable bonds is 7. The van der Waals surface area contributed by atoms with E-state index in [1.54, 1.807) is 11.0 Å². The van der Waals surface area contributed by atoms with Gasteiger partial charge in [-0.1, -0.05) is 35.9 Å². The highest BCUT2D eigenvalue weighted by Crippen LogP contribution is 2.11. The van der Waals surface area contributed by atoms with Crippen molar-refractivity contribution in [3.8, 4) is 5.69 Å². The standard InChI is InChI=1S/C20H23ClN6/c1-2-23-20(24-11-10-16-4-3-5-18(21)12-16)25-13-17-6-8-19(9-7-17)27-15-22-14-26-27/h3-9,12,14-15H,2,10-11,13H2,1H3,(H2,23,24,25). The molecule has 0 fully saturated rings. The number of benzene rings is 2. The summed E-state index contributed by atoms with van der Waals surface area (Å²) in [7, 11) is 0. The number of guanidine groups is 1. The number of nitrogens with zero attached hydrogens (tertiary/aromatic N) is 4. The number of aliphatic imine (C=N–C) groups is 1. The molecule has 0 aliphatic heterocycles. The Morgan fingerprint density at radius 3 is 2.67 bits per heavy atom. The first-order chi connectivity index (χ1) is 13.2. The molecule has 2 aromatic carbocycles. The molecule has 27 heavy (non-hydrogen) atoms. The van der Waals surface area contributed by atoms with E-state index in [1.807, 2.05) is 30.3 Å². The molecule has 0 amide bonds. The van der Waals surface area contributed by atoms with Crippen LogP contribution in [-0.4, -0.2) is 33.8 Å². The minimum atomic E-state index is 0.601. The Labute approximate surface area is 164 Å². The van der Waals surface area contributed by atoms with Crippen LogP contribution in [0, 0.1) is 0 Å². The molecular formula is C20H23ClN6. The molecule has 0 saturated heterocycles. The minimum Gasteiger partial charge on any atom is -0.357 e. The monoisotopic (exact) mass is 382 g/mol. The molecule has 3 aromatic rings. The summed E-state index contributed by atoms with van der Waals surface area (Å²) in [5.74, 6) is 0.805. The lowest BCUT2D eigenvalue weighted by Crippen LogP contribution is -2.38. The lowest BCUT2D eigenvalue weighted by atomic mass is 10.1. The molecule has 0 spiro atoms. The smallest absolute Gasteiger partial charge is 0.191 e. The summed E-state index contributed by atoms with van der Waals surface area (Å²) >= 11 is 6.03. The van der Waals surface area contributed by atoms with Gasteiger partial charge < -0.3 is 10.6 Å². The van der Waals surface area contributed by atoms with Crippen LogP contribution >= 0.6 is 11.6 Å². The third kappa shape index (κ3) is 5.82. The van der Waals surface area contributed by atoms with E-state index in [0.717, 1.165) is 41.7 Å². The van der Waals surface area contributed by atoms with Gasteiger partial charge in [-0.25, -0.2) is 14.7 Å². The van der Waals surface area contributed by atoms with E-state index in [9.17, 15) is 0 Å². The third-order valence-electron chi connectivity index (χ3n) is 3.98. The highest BCUT2D eigenvalue weighted by molar-refractivity contribution is 6.30. The number of hydrogen-bond donors (Lipinski definition) is 2. The molecule has 0 radical (unpaired) electrons. The Morgan fingerprint density at radius 2 is 1.96 bits per heavy atom. The topological polar surface area (TPSA) is 67.1 Å². The van der Waals surface area contributed by atoms with Crippen molar-refractivity contribution in [1.82, 2.24) is 25.4 Å². The predicted octanol–water partition coefficient (Wildman–Crippen LogP) is 3.22. The van der Waals surface area contributed by atoms with Gasteiger partial charge in [-0.3, -0.25) is 0 Å². The Bertz CT molecular complexity index is 858. The van der Waals surface area contributed by atoms with Crippen LogP contribution in [0.5, 0.6) is 0 Å². The van der Waals surface area contributed by atoms with Crippen LogP contribution in [0.15, 0.2) is 66.2 Å². The molecule has 0 unspecified atom stereocenters. The average Bonchev–Trinajstić information content (AvgIpc) is 3.21. The zero-order chi connectivity index (χ0) is 18.9. The molecular weight excluding hydrogens is 360 g/mol. The zero-order valence-corrected chi connectivity index (χ0v) is 16.0. The van der Waals surface area contributed by atoms with E-state index >= 15 is 0 Å². The second-order valence-electron chi connectivity index (χ2n) is 6.01. The van der Waals surface area contributed by atoms with Crippen LogP contribution in [0.1, 0.15) is 18.1 Å². The highest BCUT2D eigenvalue weighted by atomic mass is 35.5. The van der Waals surface area contributed by atoms with Crippen LogP contribution in [-0.2, 0) is 13.0 Å². The van der Waals surface area contributed by atoms with Gasteiger partial charge in [0.15, 0.2) is 5.96 Å². The quantitative estimate of drug-likeness (QED) is 0.486. The van der Waals surface area contributed by atoms with Gasteiger partial charge in [0.25, 0.3) is 0 Å². The van der Waals surface area contributed by atoms with Crippen molar-refractivity contribution in [2.24, 2.45) is 4.99 Å². The number of halogens is 1. The van der Waals surface area contributed by atoms with Gasteiger partial charge in [0.2, 0.25) is 0 Å². The summed E-state index contributed by atoms with van der Waals surface area (Å²) < 4.78 is 1.73. The summed E-state index contributed by atoms with van der Waals surface area (Å²) in [5.41, 5.74) is 3.31. The maximum absolute atomic E-state index is 6.03. The van der Waals surface area contributed by atoms with Crippen molar-refractivity contribution in [2.75, 3.05) is 13.1 Å². The van der Waals surface area contributed by atoms with Crippen molar-refractivity contribution in [2.45, 2.75) is 19.9 Å². The zero-order valence-electron chi connectivity index (χ0n) is 15.3. The molecule has 0 atom stereocenters. The Hall–Kier alpha value is -2.86. The molecule has 1 heterocycles. The molecule has 2 N–H and O–H groups in total. The van der Waals surface area contributed by atoms with Crippen LogP contribution in [0.2, 0.25) is 5.02 Å². The second kappa shape index (κ2) is 9.73. The summed E-state index contributed by atoms with van der Waals surface area (Å²) in [6, 6.07) is 16.1. The van der Waals surface area contributed by atoms with E-state index in [2.05, 4.69) is 50.8 Å². The van der Waals surface area contributed by atoms with E-state index < -0.39 is 0 Å². The third-order valence-corrected chi connectivity index (χ3v) is 4.21. The summed E-state index contributed by atoms with van der Waals surface area (Å²) in [4.78, 5) is 8.62. The summed E-state index contributed by atoms with van der Waals surface area (Å²) in [6.07, 6.45) is 4.09. The maximum atomic E-state index is 6.03. The van der Waals surface area contributed by atoms with Crippen molar-refractivity contribution in [3.63, 3.8) is 0 Å². The van der Waals surface area contributed by atoms with Gasteiger partial charge in [-0.05, 0) is 48.7 Å². The maximum Gasteiger partial charge on any atom is 0.191 e. The summed E-state index contributed by atoms with van der Waals surface area (Å²) in [6.45, 7) is 4.26. The van der Waals surface area contributed by atoms with E-state index in [4.69, 9.17) is 11.6 Å². The van der Waals surface area contributed by atoms with Gasteiger partial charge in [0.05, 0.1) is 12.2 Å². The fourth-order valence-corrected chi connectivity index (χ4v) is 2.84. The average molecular weight is 383 g/mol. The fourth-order valence-electron chi connectivity index (χ4n) is 2.63. The van der Waals surface area contributed by atoms with E-state index in [-0.39, 0.29) is 0 Å². The molecule has 7 heteroatoms. The van der Waals surface area contributed by atoms with Crippen LogP contribution in [0.25, 0.3) is 5.69 Å². The van der Waals surface area contributed by atoms with Crippen LogP contribution < -0.4 is 10.6 Å². The molecule has 1 aromatic heterocycles. The highest BCUT2D eigenvalue weighted by Gasteiger charge is 2.01. The number of hydrogen-bond acceptors (Lipinski definition) is 3. The summed E-state index contributed by atoms with van der Waals surface area (Å²) in [5, 5.41) is 11.5. The van der Waals surface area contributed by atoms with Crippen molar-refractivity contribution in [3.05, 3.63) is 77.3 Å². The second-order valence-corrected chi connectivity index (χ2v) is 6.44.